The summed E-state index contributed by atoms with van der Waals surface area (Å²) in [7, 11) is 0. The quantitative estimate of drug-likeness (QED) is 0.745. The number of hydrogen-bond acceptors (Lipinski definition) is 3. The van der Waals surface area contributed by atoms with Crippen molar-refractivity contribution in [2.45, 2.75) is 19.4 Å². The maximum atomic E-state index is 6.13. The Morgan fingerprint density at radius 3 is 2.81 bits per heavy atom. The van der Waals surface area contributed by atoms with Crippen LogP contribution in [0.5, 0.6) is 0 Å². The van der Waals surface area contributed by atoms with E-state index in [1.807, 2.05) is 0 Å². The van der Waals surface area contributed by atoms with Crippen LogP contribution < -0.4 is 10.6 Å². The number of para-hydroxylation sites is 1. The summed E-state index contributed by atoms with van der Waals surface area (Å²) in [5.74, 6) is 0.654. The normalized spacial score (nSPS) is 19.4. The maximum Gasteiger partial charge on any atom is 0.0844 e. The molecule has 1 aliphatic rings. The molecule has 2 nitrogen and oxygen atoms in total. The highest BCUT2D eigenvalue weighted by Crippen LogP contribution is 2.41. The molecule has 0 radical (unpaired) electrons. The first kappa shape index (κ1) is 15.5. The fourth-order valence-electron chi connectivity index (χ4n) is 3.06. The van der Waals surface area contributed by atoms with Crippen LogP contribution in [-0.2, 0) is 6.42 Å². The molecule has 0 fully saturated rings. The number of hydrogen-bond donors (Lipinski definition) is 1. The molecule has 21 heavy (non-hydrogen) atoms. The van der Waals surface area contributed by atoms with E-state index in [9.17, 15) is 0 Å². The maximum absolute atomic E-state index is 6.13. The van der Waals surface area contributed by atoms with Crippen molar-refractivity contribution in [2.75, 3.05) is 18.0 Å². The van der Waals surface area contributed by atoms with Crippen LogP contribution in [0, 0.1) is 5.92 Å². The first-order chi connectivity index (χ1) is 10.1. The average molecular weight is 430 g/mol. The van der Waals surface area contributed by atoms with Crippen molar-refractivity contribution < 1.29 is 0 Å². The summed E-state index contributed by atoms with van der Waals surface area (Å²) in [4.78, 5) is 3.79. The monoisotopic (exact) mass is 428 g/mol. The van der Waals surface area contributed by atoms with Gasteiger partial charge in [0.05, 0.1) is 9.83 Å². The predicted octanol–water partition coefficient (Wildman–Crippen LogP) is 4.97. The van der Waals surface area contributed by atoms with Gasteiger partial charge in [-0.2, -0.15) is 0 Å². The number of benzene rings is 1. The van der Waals surface area contributed by atoms with Crippen LogP contribution in [0.15, 0.2) is 38.6 Å². The van der Waals surface area contributed by atoms with E-state index in [2.05, 4.69) is 74.0 Å². The highest BCUT2D eigenvalue weighted by atomic mass is 79.9. The van der Waals surface area contributed by atoms with Crippen molar-refractivity contribution in [3.63, 3.8) is 0 Å². The van der Waals surface area contributed by atoms with Crippen LogP contribution in [0.2, 0.25) is 0 Å². The van der Waals surface area contributed by atoms with Crippen LogP contribution in [0.25, 0.3) is 0 Å². The summed E-state index contributed by atoms with van der Waals surface area (Å²) in [6.45, 7) is 4.00. The number of nitrogens with two attached hydrogens (primary N) is 1. The molecule has 1 aromatic carbocycles. The molecule has 2 aromatic rings. The fraction of sp³-hybridized carbons (Fsp3) is 0.375. The smallest absolute Gasteiger partial charge is 0.0844 e. The van der Waals surface area contributed by atoms with Crippen LogP contribution in [0.4, 0.5) is 5.69 Å². The van der Waals surface area contributed by atoms with E-state index in [4.69, 9.17) is 5.73 Å². The van der Waals surface area contributed by atoms with Crippen molar-refractivity contribution in [1.29, 1.82) is 0 Å². The van der Waals surface area contributed by atoms with Gasteiger partial charge in [-0.1, -0.05) is 25.1 Å². The second kappa shape index (κ2) is 6.41. The highest BCUT2D eigenvalue weighted by Gasteiger charge is 2.28. The molecular formula is C16H18Br2N2S. The van der Waals surface area contributed by atoms with Gasteiger partial charge in [-0.3, -0.25) is 0 Å². The van der Waals surface area contributed by atoms with Crippen LogP contribution in [-0.4, -0.2) is 13.1 Å². The average Bonchev–Trinajstić information content (AvgIpc) is 2.79. The van der Waals surface area contributed by atoms with Gasteiger partial charge in [-0.05, 0) is 61.9 Å². The zero-order chi connectivity index (χ0) is 15.0. The van der Waals surface area contributed by atoms with Gasteiger partial charge < -0.3 is 10.6 Å². The van der Waals surface area contributed by atoms with Gasteiger partial charge in [0.25, 0.3) is 0 Å². The Hall–Kier alpha value is -0.360. The lowest BCUT2D eigenvalue weighted by atomic mass is 9.92. The third kappa shape index (κ3) is 3.07. The lowest BCUT2D eigenvalue weighted by Crippen LogP contribution is -2.40. The number of rotatable bonds is 3. The van der Waals surface area contributed by atoms with E-state index in [0.29, 0.717) is 12.5 Å². The molecule has 112 valence electrons. The molecule has 0 amide bonds. The number of halogens is 2. The molecule has 2 atom stereocenters. The molecule has 2 unspecified atom stereocenters. The number of thiophene rings is 1. The Labute approximate surface area is 146 Å². The lowest BCUT2D eigenvalue weighted by molar-refractivity contribution is 0.493. The zero-order valence-electron chi connectivity index (χ0n) is 11.9. The van der Waals surface area contributed by atoms with Crippen LogP contribution in [0.1, 0.15) is 23.4 Å². The van der Waals surface area contributed by atoms with Crippen LogP contribution in [0.3, 0.4) is 0 Å². The predicted molar refractivity (Wildman–Crippen MR) is 98.2 cm³/mol. The van der Waals surface area contributed by atoms with Crippen molar-refractivity contribution in [3.05, 3.63) is 49.0 Å². The Morgan fingerprint density at radius 1 is 1.38 bits per heavy atom. The van der Waals surface area contributed by atoms with Gasteiger partial charge in [0.15, 0.2) is 0 Å². The first-order valence-electron chi connectivity index (χ1n) is 7.09. The van der Waals surface area contributed by atoms with Gasteiger partial charge in [-0.15, -0.1) is 11.3 Å². The topological polar surface area (TPSA) is 29.3 Å². The molecular weight excluding hydrogens is 412 g/mol. The third-order valence-electron chi connectivity index (χ3n) is 3.97. The van der Waals surface area contributed by atoms with Gasteiger partial charge in [-0.25, -0.2) is 0 Å². The summed E-state index contributed by atoms with van der Waals surface area (Å²) in [5.41, 5.74) is 8.91. The Balaban J connectivity index is 2.01. The second-order valence-electron chi connectivity index (χ2n) is 5.61. The molecule has 0 spiro atoms. The second-order valence-corrected chi connectivity index (χ2v) is 8.87. The van der Waals surface area contributed by atoms with Gasteiger partial charge in [0.2, 0.25) is 0 Å². The largest absolute Gasteiger partial charge is 0.362 e. The van der Waals surface area contributed by atoms with E-state index in [1.54, 1.807) is 11.3 Å². The van der Waals surface area contributed by atoms with E-state index >= 15 is 0 Å². The molecule has 0 bridgehead atoms. The SMILES string of the molecule is CC1Cc2ccccc2N(C(CN)c2cc(Br)c(Br)s2)C1. The minimum absolute atomic E-state index is 0.237. The van der Waals surface area contributed by atoms with E-state index in [1.165, 1.54) is 16.1 Å². The zero-order valence-corrected chi connectivity index (χ0v) is 15.8. The minimum atomic E-state index is 0.237. The first-order valence-corrected chi connectivity index (χ1v) is 9.49. The lowest BCUT2D eigenvalue weighted by Gasteiger charge is -2.39. The van der Waals surface area contributed by atoms with E-state index < -0.39 is 0 Å². The van der Waals surface area contributed by atoms with Gasteiger partial charge in [0.1, 0.15) is 0 Å². The summed E-state index contributed by atoms with van der Waals surface area (Å²) >= 11 is 8.94. The minimum Gasteiger partial charge on any atom is -0.362 e. The van der Waals surface area contributed by atoms with Crippen LogP contribution >= 0.6 is 43.2 Å². The molecule has 0 saturated heterocycles. The molecule has 5 heteroatoms. The summed E-state index contributed by atoms with van der Waals surface area (Å²) in [6, 6.07) is 11.1. The Morgan fingerprint density at radius 2 is 2.14 bits per heavy atom. The van der Waals surface area contributed by atoms with Gasteiger partial charge >= 0.3 is 0 Å². The van der Waals surface area contributed by atoms with Crippen molar-refractivity contribution >= 4 is 48.9 Å². The van der Waals surface area contributed by atoms with Crippen molar-refractivity contribution in [3.8, 4) is 0 Å². The van der Waals surface area contributed by atoms with Gasteiger partial charge in [0, 0.05) is 28.1 Å². The highest BCUT2D eigenvalue weighted by molar-refractivity contribution is 9.13. The molecule has 0 saturated carbocycles. The molecule has 2 heterocycles. The third-order valence-corrected chi connectivity index (χ3v) is 7.33. The Kier molecular flexibility index (Phi) is 4.74. The molecule has 0 aliphatic carbocycles. The molecule has 1 aromatic heterocycles. The van der Waals surface area contributed by atoms with E-state index in [0.717, 1.165) is 21.2 Å². The van der Waals surface area contributed by atoms with E-state index in [-0.39, 0.29) is 6.04 Å². The fourth-order valence-corrected chi connectivity index (χ4v) is 5.27. The molecule has 3 rings (SSSR count). The standard InChI is InChI=1S/C16H18Br2N2S/c1-10-6-11-4-2-3-5-13(11)20(9-10)14(8-19)15-7-12(17)16(18)21-15/h2-5,7,10,14H,6,8-9,19H2,1H3. The summed E-state index contributed by atoms with van der Waals surface area (Å²) in [5, 5.41) is 0. The van der Waals surface area contributed by atoms with Crippen molar-refractivity contribution in [2.24, 2.45) is 11.7 Å². The molecule has 1 aliphatic heterocycles. The number of anilines is 1. The number of fused-ring (bicyclic) bond motifs is 1. The number of nitrogens with zero attached hydrogens (tertiary/aromatic N) is 1. The summed E-state index contributed by atoms with van der Waals surface area (Å²) < 4.78 is 2.24. The Bertz CT molecular complexity index is 621. The molecule has 2 N–H and O–H groups in total. The summed E-state index contributed by atoms with van der Waals surface area (Å²) in [6.07, 6.45) is 1.15. The van der Waals surface area contributed by atoms with Crippen molar-refractivity contribution in [1.82, 2.24) is 0 Å².